The Morgan fingerprint density at radius 2 is 1.59 bits per heavy atom. The second-order valence-electron chi connectivity index (χ2n) is 10.3. The highest BCUT2D eigenvalue weighted by Crippen LogP contribution is 2.52. The molecule has 1 unspecified atom stereocenters. The predicted molar refractivity (Wildman–Crippen MR) is 131 cm³/mol. The Morgan fingerprint density at radius 1 is 0.969 bits per heavy atom. The highest BCUT2D eigenvalue weighted by atomic mass is 16.1. The van der Waals surface area contributed by atoms with Crippen molar-refractivity contribution in [1.29, 1.82) is 0 Å². The van der Waals surface area contributed by atoms with Crippen molar-refractivity contribution in [3.63, 3.8) is 0 Å². The first-order valence-corrected chi connectivity index (χ1v) is 12.4. The summed E-state index contributed by atoms with van der Waals surface area (Å²) < 4.78 is 0. The Bertz CT molecular complexity index is 948. The third-order valence-corrected chi connectivity index (χ3v) is 8.54. The highest BCUT2D eigenvalue weighted by molar-refractivity contribution is 5.97. The van der Waals surface area contributed by atoms with Gasteiger partial charge >= 0.3 is 0 Å². The molecule has 3 saturated heterocycles. The van der Waals surface area contributed by atoms with E-state index in [1.54, 1.807) is 0 Å². The van der Waals surface area contributed by atoms with Gasteiger partial charge in [0, 0.05) is 35.9 Å². The van der Waals surface area contributed by atoms with Crippen molar-refractivity contribution in [2.75, 3.05) is 25.0 Å². The molecule has 0 saturated carbocycles. The molecular weight excluding hydrogens is 394 g/mol. The van der Waals surface area contributed by atoms with Crippen LogP contribution >= 0.6 is 0 Å². The number of benzene rings is 2. The summed E-state index contributed by atoms with van der Waals surface area (Å²) >= 11 is 0. The van der Waals surface area contributed by atoms with E-state index in [1.165, 1.54) is 43.4 Å². The molecule has 0 aliphatic carbocycles. The van der Waals surface area contributed by atoms with Gasteiger partial charge < -0.3 is 10.2 Å². The first-order valence-electron chi connectivity index (χ1n) is 12.4. The summed E-state index contributed by atoms with van der Waals surface area (Å²) in [6, 6.07) is 15.9. The van der Waals surface area contributed by atoms with E-state index in [4.69, 9.17) is 0 Å². The van der Waals surface area contributed by atoms with Crippen molar-refractivity contribution in [2.24, 2.45) is 0 Å². The van der Waals surface area contributed by atoms with Crippen LogP contribution in [0.1, 0.15) is 78.0 Å². The zero-order chi connectivity index (χ0) is 22.3. The molecule has 2 aromatic carbocycles. The molecule has 3 fully saturated rings. The number of fused-ring (bicyclic) bond motifs is 2. The van der Waals surface area contributed by atoms with Crippen molar-refractivity contribution < 1.29 is 4.79 Å². The SMILES string of the molecule is Cc1cccc(C)c1C(=O)NC(c1ccc(N2CCCCC2)cc1)C12CCC(CC1)N2C. The van der Waals surface area contributed by atoms with Crippen LogP contribution in [0.25, 0.3) is 0 Å². The van der Waals surface area contributed by atoms with Crippen LogP contribution in [0.3, 0.4) is 0 Å². The minimum atomic E-state index is 0.00177. The van der Waals surface area contributed by atoms with Gasteiger partial charge in [-0.25, -0.2) is 0 Å². The molecule has 0 spiro atoms. The molecular formula is C28H37N3O. The molecule has 3 aliphatic rings. The van der Waals surface area contributed by atoms with E-state index in [0.29, 0.717) is 6.04 Å². The molecule has 4 heteroatoms. The second-order valence-corrected chi connectivity index (χ2v) is 10.3. The van der Waals surface area contributed by atoms with Gasteiger partial charge in [0.05, 0.1) is 6.04 Å². The first-order chi connectivity index (χ1) is 15.5. The monoisotopic (exact) mass is 431 g/mol. The lowest BCUT2D eigenvalue weighted by Gasteiger charge is -2.41. The summed E-state index contributed by atoms with van der Waals surface area (Å²) in [7, 11) is 2.27. The molecule has 1 N–H and O–H groups in total. The Labute approximate surface area is 193 Å². The molecule has 0 radical (unpaired) electrons. The Balaban J connectivity index is 1.47. The molecule has 170 valence electrons. The molecule has 3 heterocycles. The maximum atomic E-state index is 13.6. The van der Waals surface area contributed by atoms with Crippen LogP contribution in [-0.4, -0.2) is 42.5 Å². The minimum Gasteiger partial charge on any atom is -0.372 e. The molecule has 0 aromatic heterocycles. The highest BCUT2D eigenvalue weighted by Gasteiger charge is 2.54. The van der Waals surface area contributed by atoms with Crippen LogP contribution in [0.15, 0.2) is 42.5 Å². The molecule has 1 amide bonds. The lowest BCUT2D eigenvalue weighted by Crippen LogP contribution is -2.51. The molecule has 5 rings (SSSR count). The zero-order valence-corrected chi connectivity index (χ0v) is 19.9. The van der Waals surface area contributed by atoms with Gasteiger partial charge in [-0.2, -0.15) is 0 Å². The van der Waals surface area contributed by atoms with Crippen molar-refractivity contribution in [3.8, 4) is 0 Å². The largest absolute Gasteiger partial charge is 0.372 e. The van der Waals surface area contributed by atoms with E-state index in [-0.39, 0.29) is 17.5 Å². The van der Waals surface area contributed by atoms with Gasteiger partial charge in [0.2, 0.25) is 0 Å². The second kappa shape index (κ2) is 8.55. The van der Waals surface area contributed by atoms with Crippen molar-refractivity contribution >= 4 is 11.6 Å². The molecule has 3 aliphatic heterocycles. The molecule has 2 bridgehead atoms. The van der Waals surface area contributed by atoms with Crippen LogP contribution < -0.4 is 10.2 Å². The average Bonchev–Trinajstić information content (AvgIpc) is 3.30. The van der Waals surface area contributed by atoms with Gasteiger partial charge in [0.15, 0.2) is 0 Å². The van der Waals surface area contributed by atoms with Crippen LogP contribution in [0.4, 0.5) is 5.69 Å². The normalized spacial score (nSPS) is 26.3. The molecule has 2 aromatic rings. The number of nitrogens with zero attached hydrogens (tertiary/aromatic N) is 2. The Hall–Kier alpha value is -2.33. The first kappa shape index (κ1) is 21.5. The summed E-state index contributed by atoms with van der Waals surface area (Å²) in [5, 5.41) is 3.53. The zero-order valence-electron chi connectivity index (χ0n) is 19.9. The van der Waals surface area contributed by atoms with Crippen LogP contribution in [0, 0.1) is 13.8 Å². The summed E-state index contributed by atoms with van der Waals surface area (Å²) in [6.45, 7) is 6.38. The van der Waals surface area contributed by atoms with E-state index in [9.17, 15) is 4.79 Å². The van der Waals surface area contributed by atoms with Gasteiger partial charge in [-0.1, -0.05) is 30.3 Å². The number of nitrogens with one attached hydrogen (secondary N) is 1. The summed E-state index contributed by atoms with van der Waals surface area (Å²) in [4.78, 5) is 18.7. The molecule has 32 heavy (non-hydrogen) atoms. The number of aryl methyl sites for hydroxylation is 2. The number of carbonyl (C=O) groups is 1. The minimum absolute atomic E-state index is 0.00177. The number of hydrogen-bond donors (Lipinski definition) is 1. The van der Waals surface area contributed by atoms with Crippen molar-refractivity contribution in [1.82, 2.24) is 10.2 Å². The maximum absolute atomic E-state index is 13.6. The van der Waals surface area contributed by atoms with Crippen molar-refractivity contribution in [2.45, 2.75) is 76.4 Å². The van der Waals surface area contributed by atoms with Crippen LogP contribution in [0.5, 0.6) is 0 Å². The Morgan fingerprint density at radius 3 is 2.16 bits per heavy atom. The third kappa shape index (κ3) is 3.63. The average molecular weight is 432 g/mol. The van der Waals surface area contributed by atoms with Gasteiger partial charge in [0.25, 0.3) is 5.91 Å². The van der Waals surface area contributed by atoms with E-state index >= 15 is 0 Å². The van der Waals surface area contributed by atoms with Crippen molar-refractivity contribution in [3.05, 3.63) is 64.7 Å². The number of rotatable bonds is 5. The summed E-state index contributed by atoms with van der Waals surface area (Å²) in [5.74, 6) is 0.0591. The number of hydrogen-bond acceptors (Lipinski definition) is 3. The smallest absolute Gasteiger partial charge is 0.252 e. The lowest BCUT2D eigenvalue weighted by molar-refractivity contribution is 0.0836. The van der Waals surface area contributed by atoms with E-state index in [2.05, 4.69) is 46.4 Å². The fraction of sp³-hybridized carbons (Fsp3) is 0.536. The number of piperidine rings is 1. The molecule has 4 nitrogen and oxygen atoms in total. The molecule has 1 atom stereocenters. The number of amides is 1. The Kier molecular flexibility index (Phi) is 5.75. The van der Waals surface area contributed by atoms with Gasteiger partial charge in [0.1, 0.15) is 0 Å². The summed E-state index contributed by atoms with van der Waals surface area (Å²) in [5.41, 5.74) is 5.49. The lowest BCUT2D eigenvalue weighted by atomic mass is 9.78. The fourth-order valence-corrected chi connectivity index (χ4v) is 6.63. The number of likely N-dealkylation sites (N-methyl/N-ethyl adjacent to an activating group) is 1. The number of anilines is 1. The van der Waals surface area contributed by atoms with Crippen LogP contribution in [0.2, 0.25) is 0 Å². The van der Waals surface area contributed by atoms with E-state index in [1.807, 2.05) is 32.0 Å². The van der Waals surface area contributed by atoms with Gasteiger partial charge in [-0.15, -0.1) is 0 Å². The number of carbonyl (C=O) groups excluding carboxylic acids is 1. The maximum Gasteiger partial charge on any atom is 0.252 e. The van der Waals surface area contributed by atoms with E-state index < -0.39 is 0 Å². The predicted octanol–water partition coefficient (Wildman–Crippen LogP) is 5.39. The summed E-state index contributed by atoms with van der Waals surface area (Å²) in [6.07, 6.45) is 8.68. The standard InChI is InChI=1S/C28H37N3O/c1-20-8-7-9-21(2)25(20)27(32)29-26(28-16-14-23(15-17-28)30(28)3)22-10-12-24(13-11-22)31-18-5-4-6-19-31/h7-13,23,26H,4-6,14-19H2,1-3H3,(H,29,32). The van der Waals surface area contributed by atoms with E-state index in [0.717, 1.165) is 42.6 Å². The topological polar surface area (TPSA) is 35.6 Å². The quantitative estimate of drug-likeness (QED) is 0.689. The third-order valence-electron chi connectivity index (χ3n) is 8.54. The fourth-order valence-electron chi connectivity index (χ4n) is 6.63. The van der Waals surface area contributed by atoms with Gasteiger partial charge in [-0.3, -0.25) is 9.69 Å². The van der Waals surface area contributed by atoms with Crippen LogP contribution in [-0.2, 0) is 0 Å². The van der Waals surface area contributed by atoms with Gasteiger partial charge in [-0.05, 0) is 94.7 Å².